The SMILES string of the molecule is CC(N)C1CCN(C(=O)c2ncn[nH]2)CC1. The van der Waals surface area contributed by atoms with Crippen LogP contribution in [-0.2, 0) is 0 Å². The highest BCUT2D eigenvalue weighted by Crippen LogP contribution is 2.20. The molecule has 16 heavy (non-hydrogen) atoms. The monoisotopic (exact) mass is 223 g/mol. The van der Waals surface area contributed by atoms with Gasteiger partial charge in [-0.3, -0.25) is 9.89 Å². The number of aromatic nitrogens is 3. The van der Waals surface area contributed by atoms with Gasteiger partial charge in [-0.05, 0) is 25.7 Å². The quantitative estimate of drug-likeness (QED) is 0.739. The molecular formula is C10H17N5O. The molecule has 0 aliphatic carbocycles. The molecule has 1 aromatic heterocycles. The molecule has 0 aromatic carbocycles. The van der Waals surface area contributed by atoms with Crippen LogP contribution in [0.15, 0.2) is 6.33 Å². The summed E-state index contributed by atoms with van der Waals surface area (Å²) in [7, 11) is 0. The van der Waals surface area contributed by atoms with Crippen molar-refractivity contribution in [2.45, 2.75) is 25.8 Å². The normalized spacial score (nSPS) is 19.8. The number of nitrogens with zero attached hydrogens (tertiary/aromatic N) is 3. The average molecular weight is 223 g/mol. The van der Waals surface area contributed by atoms with Gasteiger partial charge >= 0.3 is 0 Å². The lowest BCUT2D eigenvalue weighted by Crippen LogP contribution is -2.42. The molecule has 1 fully saturated rings. The van der Waals surface area contributed by atoms with Crippen molar-refractivity contribution in [1.82, 2.24) is 20.1 Å². The van der Waals surface area contributed by atoms with Gasteiger partial charge in [0.25, 0.3) is 5.91 Å². The molecule has 1 unspecified atom stereocenters. The Labute approximate surface area is 94.2 Å². The third-order valence-corrected chi connectivity index (χ3v) is 3.19. The number of hydrogen-bond donors (Lipinski definition) is 2. The van der Waals surface area contributed by atoms with Crippen LogP contribution in [0, 0.1) is 5.92 Å². The van der Waals surface area contributed by atoms with Crippen LogP contribution in [0.1, 0.15) is 30.4 Å². The molecular weight excluding hydrogens is 206 g/mol. The van der Waals surface area contributed by atoms with Crippen LogP contribution in [0.2, 0.25) is 0 Å². The molecule has 1 saturated heterocycles. The highest BCUT2D eigenvalue weighted by molar-refractivity contribution is 5.90. The Morgan fingerprint density at radius 2 is 2.31 bits per heavy atom. The van der Waals surface area contributed by atoms with E-state index in [-0.39, 0.29) is 11.9 Å². The Bertz CT molecular complexity index is 340. The molecule has 0 spiro atoms. The lowest BCUT2D eigenvalue weighted by molar-refractivity contribution is 0.0669. The number of carbonyl (C=O) groups excluding carboxylic acids is 1. The van der Waals surface area contributed by atoms with Gasteiger partial charge in [-0.2, -0.15) is 5.10 Å². The second-order valence-corrected chi connectivity index (χ2v) is 4.32. The third kappa shape index (κ3) is 2.21. The number of nitrogens with two attached hydrogens (primary N) is 1. The van der Waals surface area contributed by atoms with E-state index in [4.69, 9.17) is 5.73 Å². The number of H-pyrrole nitrogens is 1. The number of aromatic amines is 1. The first-order valence-corrected chi connectivity index (χ1v) is 5.58. The molecule has 88 valence electrons. The van der Waals surface area contributed by atoms with Gasteiger partial charge in [0.05, 0.1) is 0 Å². The van der Waals surface area contributed by atoms with E-state index in [1.807, 2.05) is 6.92 Å². The maximum absolute atomic E-state index is 11.9. The van der Waals surface area contributed by atoms with Gasteiger partial charge in [0.15, 0.2) is 0 Å². The van der Waals surface area contributed by atoms with Crippen molar-refractivity contribution in [2.24, 2.45) is 11.7 Å². The lowest BCUT2D eigenvalue weighted by Gasteiger charge is -2.33. The number of amides is 1. The highest BCUT2D eigenvalue weighted by atomic mass is 16.2. The predicted octanol–water partition coefficient (Wildman–Crippen LogP) is 0.00410. The van der Waals surface area contributed by atoms with Crippen molar-refractivity contribution in [1.29, 1.82) is 0 Å². The summed E-state index contributed by atoms with van der Waals surface area (Å²) in [5, 5.41) is 6.27. The number of hydrogen-bond acceptors (Lipinski definition) is 4. The van der Waals surface area contributed by atoms with Gasteiger partial charge < -0.3 is 10.6 Å². The molecule has 2 heterocycles. The van der Waals surface area contributed by atoms with Gasteiger partial charge in [-0.15, -0.1) is 0 Å². The van der Waals surface area contributed by atoms with E-state index in [1.165, 1.54) is 6.33 Å². The van der Waals surface area contributed by atoms with Crippen molar-refractivity contribution in [2.75, 3.05) is 13.1 Å². The Morgan fingerprint density at radius 3 is 2.81 bits per heavy atom. The summed E-state index contributed by atoms with van der Waals surface area (Å²) in [6.45, 7) is 3.54. The fourth-order valence-electron chi connectivity index (χ4n) is 2.09. The molecule has 1 aliphatic rings. The van der Waals surface area contributed by atoms with E-state index in [1.54, 1.807) is 4.90 Å². The van der Waals surface area contributed by atoms with Crippen LogP contribution in [0.3, 0.4) is 0 Å². The number of carbonyl (C=O) groups is 1. The minimum Gasteiger partial charge on any atom is -0.336 e. The van der Waals surface area contributed by atoms with E-state index in [9.17, 15) is 4.79 Å². The lowest BCUT2D eigenvalue weighted by atomic mass is 9.91. The molecule has 1 amide bonds. The molecule has 0 bridgehead atoms. The van der Waals surface area contributed by atoms with Gasteiger partial charge in [-0.1, -0.05) is 0 Å². The fourth-order valence-corrected chi connectivity index (χ4v) is 2.09. The minimum absolute atomic E-state index is 0.0689. The number of likely N-dealkylation sites (tertiary alicyclic amines) is 1. The second kappa shape index (κ2) is 4.61. The van der Waals surface area contributed by atoms with Crippen molar-refractivity contribution in [3.63, 3.8) is 0 Å². The molecule has 3 N–H and O–H groups in total. The van der Waals surface area contributed by atoms with Crippen molar-refractivity contribution < 1.29 is 4.79 Å². The zero-order chi connectivity index (χ0) is 11.5. The average Bonchev–Trinajstić information content (AvgIpc) is 2.81. The first kappa shape index (κ1) is 11.1. The molecule has 1 aliphatic heterocycles. The van der Waals surface area contributed by atoms with Crippen LogP contribution in [0.5, 0.6) is 0 Å². The summed E-state index contributed by atoms with van der Waals surface area (Å²) < 4.78 is 0. The van der Waals surface area contributed by atoms with Crippen LogP contribution < -0.4 is 5.73 Å². The summed E-state index contributed by atoms with van der Waals surface area (Å²) in [5.74, 6) is 0.777. The standard InChI is InChI=1S/C10H17N5O/c1-7(11)8-2-4-15(5-3-8)10(16)9-12-6-13-14-9/h6-8H,2-5,11H2,1H3,(H,12,13,14). The summed E-state index contributed by atoms with van der Waals surface area (Å²) in [6.07, 6.45) is 3.29. The fraction of sp³-hybridized carbons (Fsp3) is 0.700. The van der Waals surface area contributed by atoms with Crippen molar-refractivity contribution >= 4 is 5.91 Å². The second-order valence-electron chi connectivity index (χ2n) is 4.32. The van der Waals surface area contributed by atoms with Crippen LogP contribution in [0.4, 0.5) is 0 Å². The Hall–Kier alpha value is -1.43. The molecule has 1 aromatic rings. The van der Waals surface area contributed by atoms with E-state index in [0.29, 0.717) is 11.7 Å². The molecule has 0 saturated carbocycles. The van der Waals surface area contributed by atoms with Crippen LogP contribution in [0.25, 0.3) is 0 Å². The van der Waals surface area contributed by atoms with Gasteiger partial charge in [-0.25, -0.2) is 4.98 Å². The number of piperidine rings is 1. The zero-order valence-electron chi connectivity index (χ0n) is 9.39. The maximum atomic E-state index is 11.9. The van der Waals surface area contributed by atoms with E-state index >= 15 is 0 Å². The van der Waals surface area contributed by atoms with E-state index in [0.717, 1.165) is 25.9 Å². The topological polar surface area (TPSA) is 87.9 Å². The predicted molar refractivity (Wildman–Crippen MR) is 58.7 cm³/mol. The van der Waals surface area contributed by atoms with E-state index < -0.39 is 0 Å². The van der Waals surface area contributed by atoms with Crippen molar-refractivity contribution in [3.8, 4) is 0 Å². The van der Waals surface area contributed by atoms with E-state index in [2.05, 4.69) is 15.2 Å². The first-order valence-electron chi connectivity index (χ1n) is 5.58. The highest BCUT2D eigenvalue weighted by Gasteiger charge is 2.26. The third-order valence-electron chi connectivity index (χ3n) is 3.19. The van der Waals surface area contributed by atoms with Crippen LogP contribution >= 0.6 is 0 Å². The maximum Gasteiger partial charge on any atom is 0.291 e. The summed E-state index contributed by atoms with van der Waals surface area (Å²) in [6, 6.07) is 0.211. The minimum atomic E-state index is -0.0689. The smallest absolute Gasteiger partial charge is 0.291 e. The number of rotatable bonds is 2. The molecule has 0 radical (unpaired) electrons. The van der Waals surface area contributed by atoms with Gasteiger partial charge in [0.2, 0.25) is 5.82 Å². The Balaban J connectivity index is 1.92. The number of nitrogens with one attached hydrogen (secondary N) is 1. The molecule has 6 nitrogen and oxygen atoms in total. The van der Waals surface area contributed by atoms with Crippen LogP contribution in [-0.4, -0.2) is 45.1 Å². The molecule has 2 rings (SSSR count). The first-order chi connectivity index (χ1) is 7.68. The van der Waals surface area contributed by atoms with Gasteiger partial charge in [0.1, 0.15) is 6.33 Å². The van der Waals surface area contributed by atoms with Gasteiger partial charge in [0, 0.05) is 19.1 Å². The van der Waals surface area contributed by atoms with Crippen molar-refractivity contribution in [3.05, 3.63) is 12.2 Å². The Morgan fingerprint density at radius 1 is 1.62 bits per heavy atom. The zero-order valence-corrected chi connectivity index (χ0v) is 9.39. The largest absolute Gasteiger partial charge is 0.336 e. The summed E-state index contributed by atoms with van der Waals surface area (Å²) in [5.41, 5.74) is 5.85. The molecule has 6 heteroatoms. The molecule has 1 atom stereocenters. The summed E-state index contributed by atoms with van der Waals surface area (Å²) in [4.78, 5) is 17.6. The Kier molecular flexibility index (Phi) is 3.19. The summed E-state index contributed by atoms with van der Waals surface area (Å²) >= 11 is 0.